The van der Waals surface area contributed by atoms with Gasteiger partial charge >= 0.3 is 5.97 Å². The van der Waals surface area contributed by atoms with Gasteiger partial charge in [-0.2, -0.15) is 0 Å². The normalized spacial score (nSPS) is 12.1. The van der Waals surface area contributed by atoms with Crippen LogP contribution in [-0.2, 0) is 4.79 Å². The summed E-state index contributed by atoms with van der Waals surface area (Å²) in [4.78, 5) is 11.1. The van der Waals surface area contributed by atoms with Gasteiger partial charge in [-0.05, 0) is 5.56 Å². The first-order valence-electron chi connectivity index (χ1n) is 4.93. The van der Waals surface area contributed by atoms with E-state index >= 15 is 0 Å². The zero-order valence-corrected chi connectivity index (χ0v) is 9.57. The van der Waals surface area contributed by atoms with Gasteiger partial charge in [0.2, 0.25) is 0 Å². The molecule has 3 nitrogen and oxygen atoms in total. The van der Waals surface area contributed by atoms with E-state index in [1.807, 2.05) is 18.2 Å². The van der Waals surface area contributed by atoms with Crippen molar-refractivity contribution in [2.45, 2.75) is 5.92 Å². The summed E-state index contributed by atoms with van der Waals surface area (Å²) in [5, 5.41) is 12.5. The minimum absolute atomic E-state index is 0.338. The third kappa shape index (κ3) is 4.04. The molecule has 2 N–H and O–H groups in total. The van der Waals surface area contributed by atoms with E-state index in [0.29, 0.717) is 18.1 Å². The van der Waals surface area contributed by atoms with Crippen molar-refractivity contribution in [1.29, 1.82) is 0 Å². The van der Waals surface area contributed by atoms with Crippen LogP contribution in [0, 0.1) is 0 Å². The summed E-state index contributed by atoms with van der Waals surface area (Å²) in [5.74, 6) is -1.41. The minimum atomic E-state index is -0.848. The summed E-state index contributed by atoms with van der Waals surface area (Å²) in [6.45, 7) is 4.28. The van der Waals surface area contributed by atoms with Crippen LogP contribution in [0.4, 0.5) is 0 Å². The van der Waals surface area contributed by atoms with E-state index in [1.165, 1.54) is 0 Å². The summed E-state index contributed by atoms with van der Waals surface area (Å²) in [5.41, 5.74) is 0.780. The van der Waals surface area contributed by atoms with Crippen molar-refractivity contribution >= 4 is 17.6 Å². The highest BCUT2D eigenvalue weighted by molar-refractivity contribution is 6.29. The predicted octanol–water partition coefficient (Wildman–Crippen LogP) is 2.20. The Kier molecular flexibility index (Phi) is 5.02. The quantitative estimate of drug-likeness (QED) is 0.800. The molecule has 1 rings (SSSR count). The molecule has 0 radical (unpaired) electrons. The Morgan fingerprint density at radius 2 is 2.06 bits per heavy atom. The molecule has 4 heteroatoms. The molecule has 0 bridgehead atoms. The summed E-state index contributed by atoms with van der Waals surface area (Å²) in [6.07, 6.45) is 0. The number of carboxylic acid groups (broad SMARTS) is 1. The molecule has 0 saturated heterocycles. The lowest BCUT2D eigenvalue weighted by atomic mass is 9.99. The molecule has 0 heterocycles. The van der Waals surface area contributed by atoms with Crippen molar-refractivity contribution in [3.8, 4) is 0 Å². The molecule has 1 aromatic carbocycles. The summed E-state index contributed by atoms with van der Waals surface area (Å²) < 4.78 is 0. The van der Waals surface area contributed by atoms with Crippen LogP contribution in [0.1, 0.15) is 11.5 Å². The Morgan fingerprint density at radius 1 is 1.44 bits per heavy atom. The van der Waals surface area contributed by atoms with Crippen molar-refractivity contribution in [2.75, 3.05) is 13.1 Å². The molecular weight excluding hydrogens is 226 g/mol. The molecule has 0 spiro atoms. The molecule has 0 saturated carbocycles. The maximum atomic E-state index is 11.1. The molecule has 0 aliphatic rings. The molecule has 0 aliphatic carbocycles. The lowest BCUT2D eigenvalue weighted by molar-refractivity contribution is -0.138. The second kappa shape index (κ2) is 6.30. The molecular formula is C12H14ClNO2. The Hall–Kier alpha value is -1.32. The number of halogens is 1. The van der Waals surface area contributed by atoms with E-state index in [4.69, 9.17) is 16.7 Å². The summed E-state index contributed by atoms with van der Waals surface area (Å²) >= 11 is 5.58. The van der Waals surface area contributed by atoms with E-state index in [2.05, 4.69) is 11.9 Å². The first-order valence-corrected chi connectivity index (χ1v) is 5.31. The summed E-state index contributed by atoms with van der Waals surface area (Å²) in [7, 11) is 0. The monoisotopic (exact) mass is 239 g/mol. The fraction of sp³-hybridized carbons (Fsp3) is 0.250. The zero-order valence-electron chi connectivity index (χ0n) is 8.82. The molecule has 0 aliphatic heterocycles. The Balaban J connectivity index is 2.62. The lowest BCUT2D eigenvalue weighted by Crippen LogP contribution is -2.27. The molecule has 0 fully saturated rings. The Labute approximate surface area is 99.7 Å². The predicted molar refractivity (Wildman–Crippen MR) is 64.7 cm³/mol. The second-order valence-corrected chi connectivity index (χ2v) is 3.98. The van der Waals surface area contributed by atoms with Gasteiger partial charge in [-0.1, -0.05) is 48.5 Å². The van der Waals surface area contributed by atoms with Gasteiger partial charge in [0.05, 0.1) is 5.92 Å². The van der Waals surface area contributed by atoms with Gasteiger partial charge in [0.15, 0.2) is 0 Å². The number of hydrogen-bond acceptors (Lipinski definition) is 2. The maximum absolute atomic E-state index is 11.1. The van der Waals surface area contributed by atoms with Crippen molar-refractivity contribution in [3.63, 3.8) is 0 Å². The van der Waals surface area contributed by atoms with Gasteiger partial charge in [-0.3, -0.25) is 4.79 Å². The van der Waals surface area contributed by atoms with Gasteiger partial charge < -0.3 is 10.4 Å². The third-order valence-corrected chi connectivity index (χ3v) is 2.30. The number of aliphatic carboxylic acids is 1. The maximum Gasteiger partial charge on any atom is 0.312 e. The average Bonchev–Trinajstić information content (AvgIpc) is 2.25. The van der Waals surface area contributed by atoms with Crippen molar-refractivity contribution < 1.29 is 9.90 Å². The van der Waals surface area contributed by atoms with Gasteiger partial charge in [-0.25, -0.2) is 0 Å². The molecule has 1 unspecified atom stereocenters. The van der Waals surface area contributed by atoms with Crippen LogP contribution in [0.25, 0.3) is 0 Å². The first-order chi connectivity index (χ1) is 7.61. The number of carboxylic acids is 1. The number of hydrogen-bond donors (Lipinski definition) is 2. The fourth-order valence-electron chi connectivity index (χ4n) is 1.39. The molecule has 0 amide bonds. The van der Waals surface area contributed by atoms with E-state index in [-0.39, 0.29) is 0 Å². The minimum Gasteiger partial charge on any atom is -0.481 e. The van der Waals surface area contributed by atoms with Crippen LogP contribution >= 0.6 is 11.6 Å². The number of rotatable bonds is 6. The average molecular weight is 240 g/mol. The number of benzene rings is 1. The Bertz CT molecular complexity index is 365. The topological polar surface area (TPSA) is 49.3 Å². The summed E-state index contributed by atoms with van der Waals surface area (Å²) in [6, 6.07) is 9.11. The number of carbonyl (C=O) groups is 1. The first kappa shape index (κ1) is 12.7. The standard InChI is InChI=1S/C12H14ClNO2/c1-9(13)7-14-8-11(12(15)16)10-5-3-2-4-6-10/h2-6,11,14H,1,7-8H2,(H,15,16). The zero-order chi connectivity index (χ0) is 12.0. The van der Waals surface area contributed by atoms with Crippen LogP contribution in [-0.4, -0.2) is 24.2 Å². The lowest BCUT2D eigenvalue weighted by Gasteiger charge is -2.13. The highest BCUT2D eigenvalue weighted by Gasteiger charge is 2.18. The van der Waals surface area contributed by atoms with Gasteiger partial charge in [0.1, 0.15) is 0 Å². The third-order valence-electron chi connectivity index (χ3n) is 2.17. The SMILES string of the molecule is C=C(Cl)CNCC(C(=O)O)c1ccccc1. The van der Waals surface area contributed by atoms with Crippen LogP contribution in [0.5, 0.6) is 0 Å². The van der Waals surface area contributed by atoms with Gasteiger partial charge in [-0.15, -0.1) is 0 Å². The number of nitrogens with one attached hydrogen (secondary N) is 1. The van der Waals surface area contributed by atoms with Crippen molar-refractivity contribution in [2.24, 2.45) is 0 Å². The van der Waals surface area contributed by atoms with Crippen molar-refractivity contribution in [1.82, 2.24) is 5.32 Å². The van der Waals surface area contributed by atoms with Gasteiger partial charge in [0, 0.05) is 18.1 Å². The van der Waals surface area contributed by atoms with Crippen molar-refractivity contribution in [3.05, 3.63) is 47.5 Å². The van der Waals surface area contributed by atoms with E-state index in [1.54, 1.807) is 12.1 Å². The largest absolute Gasteiger partial charge is 0.481 e. The molecule has 16 heavy (non-hydrogen) atoms. The van der Waals surface area contributed by atoms with E-state index in [9.17, 15) is 4.79 Å². The fourth-order valence-corrected chi connectivity index (χ4v) is 1.48. The molecule has 0 aromatic heterocycles. The van der Waals surface area contributed by atoms with Gasteiger partial charge in [0.25, 0.3) is 0 Å². The van der Waals surface area contributed by atoms with Crippen LogP contribution in [0.3, 0.4) is 0 Å². The smallest absolute Gasteiger partial charge is 0.312 e. The van der Waals surface area contributed by atoms with Crippen LogP contribution in [0.15, 0.2) is 41.9 Å². The highest BCUT2D eigenvalue weighted by atomic mass is 35.5. The molecule has 1 atom stereocenters. The Morgan fingerprint density at radius 3 is 2.56 bits per heavy atom. The van der Waals surface area contributed by atoms with E-state index < -0.39 is 11.9 Å². The van der Waals surface area contributed by atoms with E-state index in [0.717, 1.165) is 5.56 Å². The molecule has 86 valence electrons. The molecule has 1 aromatic rings. The van der Waals surface area contributed by atoms with Crippen LogP contribution < -0.4 is 5.32 Å². The highest BCUT2D eigenvalue weighted by Crippen LogP contribution is 2.14. The second-order valence-electron chi connectivity index (χ2n) is 3.45. The van der Waals surface area contributed by atoms with Crippen LogP contribution in [0.2, 0.25) is 0 Å².